The lowest BCUT2D eigenvalue weighted by Crippen LogP contribution is -2.31. The largest absolute Gasteiger partial charge is 0.481 e. The van der Waals surface area contributed by atoms with Crippen molar-refractivity contribution in [3.63, 3.8) is 0 Å². The van der Waals surface area contributed by atoms with Crippen LogP contribution in [0, 0.1) is 11.3 Å². The number of furan rings is 1. The highest BCUT2D eigenvalue weighted by molar-refractivity contribution is 5.74. The summed E-state index contributed by atoms with van der Waals surface area (Å²) in [6, 6.07) is 4.12. The van der Waals surface area contributed by atoms with Crippen molar-refractivity contribution in [2.45, 2.75) is 39.2 Å². The third-order valence-corrected chi connectivity index (χ3v) is 4.61. The molecule has 1 aromatic heterocycles. The number of hydrogen-bond acceptors (Lipinski definition) is 3. The monoisotopic (exact) mass is 263 g/mol. The van der Waals surface area contributed by atoms with Gasteiger partial charge >= 0.3 is 5.97 Å². The predicted octanol–water partition coefficient (Wildman–Crippen LogP) is 2.70. The first kappa shape index (κ1) is 12.7. The SMILES string of the molecule is CC1CC1c1ccc(CN2CCC(C)(C(=O)O)C2)o1. The molecular weight excluding hydrogens is 242 g/mol. The van der Waals surface area contributed by atoms with Gasteiger partial charge in [0, 0.05) is 12.5 Å². The molecule has 1 N–H and O–H groups in total. The Bertz CT molecular complexity index is 495. The lowest BCUT2D eigenvalue weighted by molar-refractivity contribution is -0.147. The number of rotatable bonds is 4. The second kappa shape index (κ2) is 4.37. The maximum atomic E-state index is 11.2. The van der Waals surface area contributed by atoms with E-state index in [0.717, 1.165) is 36.9 Å². The van der Waals surface area contributed by atoms with E-state index in [-0.39, 0.29) is 0 Å². The number of carboxylic acid groups (broad SMARTS) is 1. The van der Waals surface area contributed by atoms with E-state index in [9.17, 15) is 9.90 Å². The normalized spacial score (nSPS) is 34.6. The van der Waals surface area contributed by atoms with Gasteiger partial charge in [-0.2, -0.15) is 0 Å². The topological polar surface area (TPSA) is 53.7 Å². The molecule has 1 aliphatic heterocycles. The van der Waals surface area contributed by atoms with E-state index < -0.39 is 11.4 Å². The average Bonchev–Trinajstić information content (AvgIpc) is 2.77. The van der Waals surface area contributed by atoms with Gasteiger partial charge in [-0.05, 0) is 44.4 Å². The van der Waals surface area contributed by atoms with Gasteiger partial charge in [0.2, 0.25) is 0 Å². The van der Waals surface area contributed by atoms with Crippen LogP contribution >= 0.6 is 0 Å². The van der Waals surface area contributed by atoms with E-state index in [4.69, 9.17) is 4.42 Å². The molecule has 1 saturated carbocycles. The van der Waals surface area contributed by atoms with Gasteiger partial charge in [-0.3, -0.25) is 9.69 Å². The first-order chi connectivity index (χ1) is 8.98. The molecule has 3 unspecified atom stereocenters. The molecule has 104 valence electrons. The minimum Gasteiger partial charge on any atom is -0.481 e. The molecule has 1 saturated heterocycles. The van der Waals surface area contributed by atoms with Crippen LogP contribution in [0.2, 0.25) is 0 Å². The van der Waals surface area contributed by atoms with Crippen molar-refractivity contribution in [2.75, 3.05) is 13.1 Å². The summed E-state index contributed by atoms with van der Waals surface area (Å²) in [5.41, 5.74) is -0.597. The molecule has 0 radical (unpaired) electrons. The van der Waals surface area contributed by atoms with E-state index >= 15 is 0 Å². The molecule has 4 nitrogen and oxygen atoms in total. The number of hydrogen-bond donors (Lipinski definition) is 1. The van der Waals surface area contributed by atoms with Crippen molar-refractivity contribution >= 4 is 5.97 Å². The molecular formula is C15H21NO3. The first-order valence-corrected chi connectivity index (χ1v) is 7.02. The average molecular weight is 263 g/mol. The quantitative estimate of drug-likeness (QED) is 0.907. The lowest BCUT2D eigenvalue weighted by Gasteiger charge is -2.19. The van der Waals surface area contributed by atoms with Crippen molar-refractivity contribution in [2.24, 2.45) is 11.3 Å². The molecule has 0 aromatic carbocycles. The van der Waals surface area contributed by atoms with Crippen LogP contribution in [0.1, 0.15) is 44.1 Å². The molecule has 0 amide bonds. The second-order valence-corrected chi connectivity index (χ2v) is 6.45. The van der Waals surface area contributed by atoms with Gasteiger partial charge < -0.3 is 9.52 Å². The highest BCUT2D eigenvalue weighted by Gasteiger charge is 2.41. The lowest BCUT2D eigenvalue weighted by atomic mass is 9.90. The summed E-state index contributed by atoms with van der Waals surface area (Å²) in [5.74, 6) is 2.73. The fraction of sp³-hybridized carbons (Fsp3) is 0.667. The van der Waals surface area contributed by atoms with Gasteiger partial charge in [-0.25, -0.2) is 0 Å². The van der Waals surface area contributed by atoms with Crippen LogP contribution in [0.4, 0.5) is 0 Å². The van der Waals surface area contributed by atoms with E-state index in [0.29, 0.717) is 12.5 Å². The van der Waals surface area contributed by atoms with Crippen LogP contribution in [-0.4, -0.2) is 29.1 Å². The smallest absolute Gasteiger partial charge is 0.310 e. The maximum absolute atomic E-state index is 11.2. The van der Waals surface area contributed by atoms with Crippen LogP contribution in [0.25, 0.3) is 0 Å². The Labute approximate surface area is 113 Å². The van der Waals surface area contributed by atoms with E-state index in [1.807, 2.05) is 13.0 Å². The Morgan fingerprint density at radius 1 is 1.58 bits per heavy atom. The zero-order valence-corrected chi connectivity index (χ0v) is 11.6. The third-order valence-electron chi connectivity index (χ3n) is 4.61. The first-order valence-electron chi connectivity index (χ1n) is 7.02. The Morgan fingerprint density at radius 3 is 2.89 bits per heavy atom. The molecule has 4 heteroatoms. The molecule has 1 aromatic rings. The van der Waals surface area contributed by atoms with Crippen molar-refractivity contribution in [3.05, 3.63) is 23.7 Å². The van der Waals surface area contributed by atoms with E-state index in [1.165, 1.54) is 6.42 Å². The van der Waals surface area contributed by atoms with Gasteiger partial charge in [0.25, 0.3) is 0 Å². The number of carbonyl (C=O) groups is 1. The number of likely N-dealkylation sites (tertiary alicyclic amines) is 1. The van der Waals surface area contributed by atoms with Gasteiger partial charge in [0.1, 0.15) is 11.5 Å². The summed E-state index contributed by atoms with van der Waals surface area (Å²) < 4.78 is 5.88. The molecule has 19 heavy (non-hydrogen) atoms. The molecule has 3 atom stereocenters. The fourth-order valence-electron chi connectivity index (χ4n) is 2.98. The summed E-state index contributed by atoms with van der Waals surface area (Å²) in [5, 5.41) is 9.22. The van der Waals surface area contributed by atoms with Gasteiger partial charge in [0.05, 0.1) is 12.0 Å². The number of aliphatic carboxylic acids is 1. The Balaban J connectivity index is 1.60. The van der Waals surface area contributed by atoms with Crippen molar-refractivity contribution in [1.82, 2.24) is 4.90 Å². The molecule has 0 bridgehead atoms. The van der Waals surface area contributed by atoms with Crippen LogP contribution in [-0.2, 0) is 11.3 Å². The molecule has 1 aliphatic carbocycles. The summed E-state index contributed by atoms with van der Waals surface area (Å²) in [7, 11) is 0. The Morgan fingerprint density at radius 2 is 2.32 bits per heavy atom. The third kappa shape index (κ3) is 2.41. The molecule has 3 rings (SSSR count). The number of nitrogens with zero attached hydrogens (tertiary/aromatic N) is 1. The zero-order valence-electron chi connectivity index (χ0n) is 11.6. The Hall–Kier alpha value is -1.29. The summed E-state index contributed by atoms with van der Waals surface area (Å²) >= 11 is 0. The van der Waals surface area contributed by atoms with Crippen molar-refractivity contribution < 1.29 is 14.3 Å². The molecule has 0 spiro atoms. The van der Waals surface area contributed by atoms with Crippen LogP contribution in [0.15, 0.2) is 16.5 Å². The van der Waals surface area contributed by atoms with Crippen molar-refractivity contribution in [1.29, 1.82) is 0 Å². The standard InChI is InChI=1S/C15H21NO3/c1-10-7-12(10)13-4-3-11(19-13)8-16-6-5-15(2,9-16)14(17)18/h3-4,10,12H,5-9H2,1-2H3,(H,17,18). The Kier molecular flexibility index (Phi) is 2.93. The van der Waals surface area contributed by atoms with Gasteiger partial charge in [-0.15, -0.1) is 0 Å². The van der Waals surface area contributed by atoms with Gasteiger partial charge in [0.15, 0.2) is 0 Å². The highest BCUT2D eigenvalue weighted by Crippen LogP contribution is 2.47. The minimum atomic E-state index is -0.693. The maximum Gasteiger partial charge on any atom is 0.310 e. The van der Waals surface area contributed by atoms with Gasteiger partial charge in [-0.1, -0.05) is 6.92 Å². The van der Waals surface area contributed by atoms with Crippen LogP contribution in [0.3, 0.4) is 0 Å². The molecule has 2 fully saturated rings. The summed E-state index contributed by atoms with van der Waals surface area (Å²) in [4.78, 5) is 13.4. The minimum absolute atomic E-state index is 0.597. The molecule has 2 aliphatic rings. The van der Waals surface area contributed by atoms with E-state index in [1.54, 1.807) is 0 Å². The predicted molar refractivity (Wildman–Crippen MR) is 70.9 cm³/mol. The fourth-order valence-corrected chi connectivity index (χ4v) is 2.98. The number of carboxylic acids is 1. The highest BCUT2D eigenvalue weighted by atomic mass is 16.4. The van der Waals surface area contributed by atoms with Crippen molar-refractivity contribution in [3.8, 4) is 0 Å². The summed E-state index contributed by atoms with van der Waals surface area (Å²) in [6.07, 6.45) is 1.95. The summed E-state index contributed by atoms with van der Waals surface area (Å²) in [6.45, 7) is 6.24. The second-order valence-electron chi connectivity index (χ2n) is 6.45. The van der Waals surface area contributed by atoms with Crippen LogP contribution < -0.4 is 0 Å². The molecule has 2 heterocycles. The zero-order chi connectivity index (χ0) is 13.6. The van der Waals surface area contributed by atoms with E-state index in [2.05, 4.69) is 17.9 Å². The van der Waals surface area contributed by atoms with Crippen LogP contribution in [0.5, 0.6) is 0 Å².